The molecule has 1 saturated carbocycles. The largest absolute Gasteiger partial charge is 0.497 e. The number of amides is 2. The van der Waals surface area contributed by atoms with Gasteiger partial charge in [-0.05, 0) is 48.4 Å². The maximum absolute atomic E-state index is 14.1. The van der Waals surface area contributed by atoms with Crippen molar-refractivity contribution in [1.29, 1.82) is 0 Å². The van der Waals surface area contributed by atoms with Crippen molar-refractivity contribution in [2.45, 2.75) is 50.5 Å². The number of hydrogen-bond acceptors (Lipinski definition) is 7. The molecule has 4 rings (SSSR count). The Labute approximate surface area is 260 Å². The summed E-state index contributed by atoms with van der Waals surface area (Å²) >= 11 is 1.11. The van der Waals surface area contributed by atoms with E-state index < -0.39 is 18.1 Å². The van der Waals surface area contributed by atoms with Gasteiger partial charge in [-0.15, -0.1) is 0 Å². The van der Waals surface area contributed by atoms with Gasteiger partial charge in [0.15, 0.2) is 0 Å². The third-order valence-electron chi connectivity index (χ3n) is 6.79. The van der Waals surface area contributed by atoms with Crippen LogP contribution in [0.15, 0.2) is 36.4 Å². The molecule has 2 aromatic carbocycles. The Hall–Kier alpha value is -2.07. The summed E-state index contributed by atoms with van der Waals surface area (Å²) in [6, 6.07) is 10.2. The van der Waals surface area contributed by atoms with Gasteiger partial charge < -0.3 is 24.3 Å². The number of benzene rings is 2. The number of methoxy groups -OCH3 is 2. The predicted molar refractivity (Wildman–Crippen MR) is 157 cm³/mol. The topological polar surface area (TPSA) is 86.3 Å². The van der Waals surface area contributed by atoms with E-state index in [0.29, 0.717) is 28.5 Å². The van der Waals surface area contributed by atoms with Gasteiger partial charge in [0, 0.05) is 88.7 Å². The second-order valence-corrected chi connectivity index (χ2v) is 10.4. The zero-order chi connectivity index (χ0) is 27.8. The first kappa shape index (κ1) is 32.4. The van der Waals surface area contributed by atoms with Gasteiger partial charge in [0.05, 0.1) is 20.3 Å². The van der Waals surface area contributed by atoms with Crippen LogP contribution in [0, 0.1) is 11.2 Å². The maximum Gasteiger partial charge on any atom is 0.304 e. The molecule has 1 saturated heterocycles. The van der Waals surface area contributed by atoms with Crippen LogP contribution in [0.4, 0.5) is 10.1 Å². The van der Waals surface area contributed by atoms with E-state index in [1.165, 1.54) is 4.90 Å². The summed E-state index contributed by atoms with van der Waals surface area (Å²) in [5.41, 5.74) is 0.128. The van der Waals surface area contributed by atoms with Gasteiger partial charge in [-0.1, -0.05) is 19.8 Å². The number of anilines is 1. The Kier molecular flexibility index (Phi) is 12.4. The van der Waals surface area contributed by atoms with E-state index in [4.69, 9.17) is 18.9 Å². The minimum atomic E-state index is -1.30. The monoisotopic (exact) mass is 779 g/mol. The normalized spacial score (nSPS) is 15.5. The summed E-state index contributed by atoms with van der Waals surface area (Å²) < 4.78 is 36.3. The molecular formula is C28H32FN2O6PSTl. The smallest absolute Gasteiger partial charge is 0.304 e. The summed E-state index contributed by atoms with van der Waals surface area (Å²) in [5.74, 6) is 3.31. The van der Waals surface area contributed by atoms with Gasteiger partial charge in [-0.25, -0.2) is 4.39 Å². The number of halogens is 1. The molecule has 211 valence electrons. The van der Waals surface area contributed by atoms with E-state index in [1.807, 2.05) is 6.07 Å². The summed E-state index contributed by atoms with van der Waals surface area (Å²) in [6.45, 7) is -0.0697. The third kappa shape index (κ3) is 7.60. The molecule has 1 heterocycles. The van der Waals surface area contributed by atoms with Crippen LogP contribution in [0.2, 0.25) is 0 Å². The van der Waals surface area contributed by atoms with Gasteiger partial charge in [-0.2, -0.15) is 0 Å². The van der Waals surface area contributed by atoms with Crippen LogP contribution < -0.4 is 24.4 Å². The second kappa shape index (κ2) is 15.2. The standard InChI is InChI=1S/C28H32FN2O6PS.Tl/c1-34-23-5-3-19(25(16-23)35-2)18-30-27(33)28(10-12-36-13-11-28)31(26(32)9-14-39-38)21-4-8-24(20(15-21)17-29)37-22-6-7-22;/h3-5,8,15-16,22H,6-7,10-13,17-18,38H2,1-2H3,(H,30,33);. The van der Waals surface area contributed by atoms with E-state index in [1.54, 1.807) is 44.6 Å². The minimum absolute atomic E-state index is 0. The number of alkyl halides is 1. The van der Waals surface area contributed by atoms with Crippen LogP contribution in [0.3, 0.4) is 0 Å². The summed E-state index contributed by atoms with van der Waals surface area (Å²) in [6.07, 6.45) is 2.44. The van der Waals surface area contributed by atoms with Crippen LogP contribution in [0.5, 0.6) is 17.2 Å². The van der Waals surface area contributed by atoms with Crippen LogP contribution in [0.1, 0.15) is 36.8 Å². The van der Waals surface area contributed by atoms with Crippen molar-refractivity contribution in [2.24, 2.45) is 0 Å². The zero-order valence-electron chi connectivity index (χ0n) is 22.5. The number of nitrogens with zero attached hydrogens (tertiary/aromatic N) is 1. The molecule has 2 aliphatic rings. The molecule has 1 radical (unpaired) electrons. The molecule has 2 fully saturated rings. The summed E-state index contributed by atoms with van der Waals surface area (Å²) in [4.78, 5) is 29.0. The molecule has 8 nitrogen and oxygen atoms in total. The SMILES string of the molecule is COc1ccc(CNC(=O)C2(N(C(=O)C#CSP)c3ccc(OC4CC4)c(CF)c3)CCOCC2)c(OC)c1.[Tl]. The molecule has 2 aromatic rings. The van der Waals surface area contributed by atoms with E-state index in [-0.39, 0.29) is 71.9 Å². The Morgan fingerprint density at radius 3 is 2.50 bits per heavy atom. The van der Waals surface area contributed by atoms with Gasteiger partial charge in [0.1, 0.15) is 29.5 Å². The molecular weight excluding hydrogens is 747 g/mol. The number of carbonyl (C=O) groups excluding carboxylic acids is 2. The Balaban J connectivity index is 0.00000441. The van der Waals surface area contributed by atoms with Gasteiger partial charge >= 0.3 is 5.91 Å². The Morgan fingerprint density at radius 1 is 1.12 bits per heavy atom. The van der Waals surface area contributed by atoms with Crippen molar-refractivity contribution in [3.05, 3.63) is 47.5 Å². The van der Waals surface area contributed by atoms with Crippen LogP contribution >= 0.6 is 19.8 Å². The zero-order valence-corrected chi connectivity index (χ0v) is 29.0. The first-order valence-corrected chi connectivity index (χ1v) is 14.9. The quantitative estimate of drug-likeness (QED) is 0.222. The molecule has 0 spiro atoms. The van der Waals surface area contributed by atoms with E-state index >= 15 is 0 Å². The average Bonchev–Trinajstić information content (AvgIpc) is 3.80. The van der Waals surface area contributed by atoms with Crippen LogP contribution in [-0.4, -0.2) is 78.2 Å². The van der Waals surface area contributed by atoms with Crippen molar-refractivity contribution < 1.29 is 32.9 Å². The van der Waals surface area contributed by atoms with Crippen molar-refractivity contribution in [3.63, 3.8) is 0 Å². The Bertz CT molecular complexity index is 1260. The second-order valence-electron chi connectivity index (χ2n) is 9.23. The number of hydrogen-bond donors (Lipinski definition) is 1. The summed E-state index contributed by atoms with van der Waals surface area (Å²) in [5, 5.41) is 5.69. The maximum atomic E-state index is 14.1. The average molecular weight is 779 g/mol. The van der Waals surface area contributed by atoms with Gasteiger partial charge in [-0.3, -0.25) is 14.5 Å². The van der Waals surface area contributed by atoms with E-state index in [2.05, 4.69) is 24.9 Å². The molecule has 1 N–H and O–H groups in total. The molecule has 0 aromatic heterocycles. The van der Waals surface area contributed by atoms with Crippen molar-refractivity contribution in [3.8, 4) is 28.4 Å². The molecule has 2 amide bonds. The Morgan fingerprint density at radius 2 is 1.88 bits per heavy atom. The first-order chi connectivity index (χ1) is 18.9. The number of ether oxygens (including phenoxy) is 4. The van der Waals surface area contributed by atoms with Gasteiger partial charge in [0.2, 0.25) is 5.91 Å². The van der Waals surface area contributed by atoms with E-state index in [9.17, 15) is 14.0 Å². The third-order valence-corrected chi connectivity index (χ3v) is 7.36. The fourth-order valence-electron chi connectivity index (χ4n) is 4.58. The fraction of sp³-hybridized carbons (Fsp3) is 0.429. The van der Waals surface area contributed by atoms with Gasteiger partial charge in [0.25, 0.3) is 0 Å². The molecule has 40 heavy (non-hydrogen) atoms. The number of carbonyl (C=O) groups is 2. The molecule has 1 unspecified atom stereocenters. The van der Waals surface area contributed by atoms with Crippen molar-refractivity contribution in [1.82, 2.24) is 5.32 Å². The molecule has 1 aliphatic heterocycles. The van der Waals surface area contributed by atoms with Crippen LogP contribution in [0.25, 0.3) is 0 Å². The molecule has 1 atom stereocenters. The minimum Gasteiger partial charge on any atom is -0.497 e. The fourth-order valence-corrected chi connectivity index (χ4v) is 4.90. The molecule has 1 aliphatic carbocycles. The number of nitrogens with one attached hydrogen (secondary N) is 1. The molecule has 0 bridgehead atoms. The van der Waals surface area contributed by atoms with Crippen molar-refractivity contribution in [2.75, 3.05) is 32.3 Å². The number of rotatable bonds is 10. The van der Waals surface area contributed by atoms with Crippen LogP contribution in [-0.2, 0) is 27.5 Å². The predicted octanol–water partition coefficient (Wildman–Crippen LogP) is 4.02. The first-order valence-electron chi connectivity index (χ1n) is 12.6. The van der Waals surface area contributed by atoms with E-state index in [0.717, 1.165) is 29.8 Å². The summed E-state index contributed by atoms with van der Waals surface area (Å²) in [7, 11) is 5.48. The van der Waals surface area contributed by atoms with Crippen molar-refractivity contribution >= 4 is 64.6 Å². The molecule has 12 heteroatoms.